The Kier molecular flexibility index (Phi) is 8.35. The highest BCUT2D eigenvalue weighted by molar-refractivity contribution is 6.09. The van der Waals surface area contributed by atoms with E-state index in [2.05, 4.69) is 0 Å². The first-order valence-corrected chi connectivity index (χ1v) is 12.1. The number of rotatable bonds is 6. The lowest BCUT2D eigenvalue weighted by molar-refractivity contribution is -0.152. The summed E-state index contributed by atoms with van der Waals surface area (Å²) in [5.74, 6) is -4.38. The molecular formula is C30H31F2NO5. The number of carbonyl (C=O) groups is 3. The number of esters is 2. The molecule has 0 aliphatic heterocycles. The Morgan fingerprint density at radius 3 is 1.84 bits per heavy atom. The molecule has 0 radical (unpaired) electrons. The Labute approximate surface area is 221 Å². The van der Waals surface area contributed by atoms with Gasteiger partial charge in [0.15, 0.2) is 0 Å². The Bertz CT molecular complexity index is 1330. The summed E-state index contributed by atoms with van der Waals surface area (Å²) in [5.41, 5.74) is -0.507. The van der Waals surface area contributed by atoms with E-state index < -0.39 is 52.8 Å². The van der Waals surface area contributed by atoms with Crippen LogP contribution in [0.25, 0.3) is 11.1 Å². The molecule has 0 fully saturated rings. The summed E-state index contributed by atoms with van der Waals surface area (Å²) in [5, 5.41) is 0. The first kappa shape index (κ1) is 28.5. The lowest BCUT2D eigenvalue weighted by Gasteiger charge is -2.26. The number of hydrogen-bond acceptors (Lipinski definition) is 5. The summed E-state index contributed by atoms with van der Waals surface area (Å²) in [6.07, 6.45) is 0. The second-order valence-electron chi connectivity index (χ2n) is 10.7. The fourth-order valence-corrected chi connectivity index (χ4v) is 3.64. The first-order chi connectivity index (χ1) is 17.6. The largest absolute Gasteiger partial charge is 0.459 e. The van der Waals surface area contributed by atoms with E-state index in [9.17, 15) is 23.2 Å². The molecule has 1 amide bonds. The number of benzene rings is 3. The van der Waals surface area contributed by atoms with Crippen LogP contribution in [0.4, 0.5) is 14.5 Å². The van der Waals surface area contributed by atoms with Crippen molar-refractivity contribution in [1.82, 2.24) is 0 Å². The van der Waals surface area contributed by atoms with Gasteiger partial charge < -0.3 is 9.47 Å². The van der Waals surface area contributed by atoms with Crippen molar-refractivity contribution in [2.75, 3.05) is 11.4 Å². The predicted octanol–water partition coefficient (Wildman–Crippen LogP) is 6.58. The molecule has 0 heterocycles. The monoisotopic (exact) mass is 523 g/mol. The first-order valence-electron chi connectivity index (χ1n) is 12.1. The molecule has 6 nitrogen and oxygen atoms in total. The summed E-state index contributed by atoms with van der Waals surface area (Å²) in [6, 6.07) is 16.3. The minimum absolute atomic E-state index is 0.212. The molecule has 8 heteroatoms. The SMILES string of the molecule is CC(C)(C)OC(=O)CN(C(=O)c1c(F)cccc1F)c1cccc(-c2cccc(C(=O)OC(C)(C)C)c2)c1. The van der Waals surface area contributed by atoms with Crippen molar-refractivity contribution in [3.63, 3.8) is 0 Å². The van der Waals surface area contributed by atoms with Crippen LogP contribution in [0, 0.1) is 11.6 Å². The molecule has 0 aliphatic carbocycles. The van der Waals surface area contributed by atoms with Gasteiger partial charge in [0.05, 0.1) is 5.56 Å². The number of ether oxygens (including phenoxy) is 2. The molecule has 0 bridgehead atoms. The summed E-state index contributed by atoms with van der Waals surface area (Å²) >= 11 is 0. The summed E-state index contributed by atoms with van der Waals surface area (Å²) < 4.78 is 39.8. The zero-order chi connectivity index (χ0) is 28.3. The van der Waals surface area contributed by atoms with Crippen LogP contribution in [0.15, 0.2) is 66.7 Å². The van der Waals surface area contributed by atoms with Gasteiger partial charge in [-0.15, -0.1) is 0 Å². The Balaban J connectivity index is 2.03. The lowest BCUT2D eigenvalue weighted by Crippen LogP contribution is -2.39. The highest BCUT2D eigenvalue weighted by Crippen LogP contribution is 2.28. The van der Waals surface area contributed by atoms with Gasteiger partial charge in [0.2, 0.25) is 0 Å². The van der Waals surface area contributed by atoms with Crippen LogP contribution in [0.1, 0.15) is 62.3 Å². The minimum Gasteiger partial charge on any atom is -0.459 e. The van der Waals surface area contributed by atoms with E-state index in [4.69, 9.17) is 9.47 Å². The molecule has 38 heavy (non-hydrogen) atoms. The van der Waals surface area contributed by atoms with Gasteiger partial charge in [0, 0.05) is 5.69 Å². The van der Waals surface area contributed by atoms with Crippen LogP contribution in [-0.4, -0.2) is 35.6 Å². The van der Waals surface area contributed by atoms with Gasteiger partial charge in [-0.1, -0.05) is 30.3 Å². The van der Waals surface area contributed by atoms with E-state index in [1.165, 1.54) is 0 Å². The van der Waals surface area contributed by atoms with Gasteiger partial charge in [-0.3, -0.25) is 14.5 Å². The number of nitrogens with zero attached hydrogens (tertiary/aromatic N) is 1. The fourth-order valence-electron chi connectivity index (χ4n) is 3.64. The van der Waals surface area contributed by atoms with E-state index in [-0.39, 0.29) is 5.69 Å². The molecule has 0 aliphatic rings. The molecule has 0 N–H and O–H groups in total. The normalized spacial score (nSPS) is 11.6. The second-order valence-corrected chi connectivity index (χ2v) is 10.7. The van der Waals surface area contributed by atoms with E-state index in [0.29, 0.717) is 16.7 Å². The molecule has 3 aromatic rings. The number of anilines is 1. The highest BCUT2D eigenvalue weighted by atomic mass is 19.1. The average Bonchev–Trinajstić information content (AvgIpc) is 2.80. The van der Waals surface area contributed by atoms with Crippen molar-refractivity contribution in [1.29, 1.82) is 0 Å². The van der Waals surface area contributed by atoms with Crippen molar-refractivity contribution < 1.29 is 32.6 Å². The van der Waals surface area contributed by atoms with E-state index in [0.717, 1.165) is 23.1 Å². The molecule has 0 aromatic heterocycles. The van der Waals surface area contributed by atoms with Crippen LogP contribution in [0.5, 0.6) is 0 Å². The summed E-state index contributed by atoms with van der Waals surface area (Å²) in [4.78, 5) is 39.6. The van der Waals surface area contributed by atoms with E-state index >= 15 is 0 Å². The maximum Gasteiger partial charge on any atom is 0.338 e. The number of halogens is 2. The molecule has 3 aromatic carbocycles. The summed E-state index contributed by atoms with van der Waals surface area (Å²) in [6.45, 7) is 9.75. The predicted molar refractivity (Wildman–Crippen MR) is 141 cm³/mol. The Hall–Kier alpha value is -4.07. The zero-order valence-corrected chi connectivity index (χ0v) is 22.3. The van der Waals surface area contributed by atoms with Gasteiger partial charge in [-0.25, -0.2) is 13.6 Å². The number of amides is 1. The average molecular weight is 524 g/mol. The van der Waals surface area contributed by atoms with Crippen molar-refractivity contribution >= 4 is 23.5 Å². The third-order valence-corrected chi connectivity index (χ3v) is 5.12. The van der Waals surface area contributed by atoms with E-state index in [1.807, 2.05) is 0 Å². The van der Waals surface area contributed by atoms with Crippen LogP contribution in [0.3, 0.4) is 0 Å². The summed E-state index contributed by atoms with van der Waals surface area (Å²) in [7, 11) is 0. The molecule has 0 saturated heterocycles. The molecule has 0 spiro atoms. The van der Waals surface area contributed by atoms with Crippen molar-refractivity contribution in [3.8, 4) is 11.1 Å². The standard InChI is InChI=1S/C30H31F2NO5/c1-29(2,3)37-25(34)18-33(27(35)26-23(31)14-9-15-24(26)32)22-13-8-11-20(17-22)19-10-7-12-21(16-19)28(36)38-30(4,5)6/h7-17H,18H2,1-6H3. The van der Waals surface area contributed by atoms with Crippen LogP contribution >= 0.6 is 0 Å². The molecule has 3 rings (SSSR count). The maximum atomic E-state index is 14.5. The number of hydrogen-bond donors (Lipinski definition) is 0. The Morgan fingerprint density at radius 2 is 1.26 bits per heavy atom. The molecule has 0 unspecified atom stereocenters. The van der Waals surface area contributed by atoms with Crippen molar-refractivity contribution in [3.05, 3.63) is 89.5 Å². The number of carbonyl (C=O) groups excluding carboxylic acids is 3. The third-order valence-electron chi connectivity index (χ3n) is 5.12. The third kappa shape index (κ3) is 7.47. The van der Waals surface area contributed by atoms with Crippen molar-refractivity contribution in [2.24, 2.45) is 0 Å². The molecule has 200 valence electrons. The zero-order valence-electron chi connectivity index (χ0n) is 22.3. The topological polar surface area (TPSA) is 72.9 Å². The minimum atomic E-state index is -1.05. The highest BCUT2D eigenvalue weighted by Gasteiger charge is 2.28. The van der Waals surface area contributed by atoms with Gasteiger partial charge in [0.1, 0.15) is 34.9 Å². The molecule has 0 saturated carbocycles. The van der Waals surface area contributed by atoms with Crippen LogP contribution < -0.4 is 4.90 Å². The van der Waals surface area contributed by atoms with Gasteiger partial charge in [0.25, 0.3) is 5.91 Å². The van der Waals surface area contributed by atoms with Crippen LogP contribution in [-0.2, 0) is 14.3 Å². The van der Waals surface area contributed by atoms with Gasteiger partial charge in [-0.05, 0) is 89.1 Å². The Morgan fingerprint density at radius 1 is 0.737 bits per heavy atom. The molecule has 0 atom stereocenters. The molecular weight excluding hydrogens is 492 g/mol. The fraction of sp³-hybridized carbons (Fsp3) is 0.300. The van der Waals surface area contributed by atoms with Gasteiger partial charge >= 0.3 is 11.9 Å². The smallest absolute Gasteiger partial charge is 0.338 e. The second kappa shape index (κ2) is 11.1. The van der Waals surface area contributed by atoms with Crippen molar-refractivity contribution in [2.45, 2.75) is 52.7 Å². The van der Waals surface area contributed by atoms with Crippen LogP contribution in [0.2, 0.25) is 0 Å². The maximum absolute atomic E-state index is 14.5. The quantitative estimate of drug-likeness (QED) is 0.342. The van der Waals surface area contributed by atoms with Gasteiger partial charge in [-0.2, -0.15) is 0 Å². The van der Waals surface area contributed by atoms with E-state index in [1.54, 1.807) is 90.1 Å². The lowest BCUT2D eigenvalue weighted by atomic mass is 10.0.